The third-order valence-corrected chi connectivity index (χ3v) is 9.08. The van der Waals surface area contributed by atoms with E-state index in [4.69, 9.17) is 11.6 Å². The number of fused-ring (bicyclic) bond motifs is 1. The van der Waals surface area contributed by atoms with Gasteiger partial charge in [0.25, 0.3) is 10.0 Å². The highest BCUT2D eigenvalue weighted by atomic mass is 35.5. The number of anilines is 2. The third kappa shape index (κ3) is 4.31. The first-order valence-corrected chi connectivity index (χ1v) is 13.8. The Hall–Kier alpha value is -3.21. The van der Waals surface area contributed by atoms with E-state index >= 15 is 0 Å². The predicted molar refractivity (Wildman–Crippen MR) is 133 cm³/mol. The molecule has 0 radical (unpaired) electrons. The van der Waals surface area contributed by atoms with E-state index in [1.165, 1.54) is 28.6 Å². The van der Waals surface area contributed by atoms with Crippen molar-refractivity contribution in [3.8, 4) is 11.3 Å². The van der Waals surface area contributed by atoms with Crippen LogP contribution in [0.3, 0.4) is 0 Å². The lowest BCUT2D eigenvalue weighted by atomic mass is 10.1. The summed E-state index contributed by atoms with van der Waals surface area (Å²) in [6, 6.07) is 17.8. The van der Waals surface area contributed by atoms with Crippen LogP contribution >= 0.6 is 11.6 Å². The van der Waals surface area contributed by atoms with Gasteiger partial charge < -0.3 is 0 Å². The lowest BCUT2D eigenvalue weighted by Crippen LogP contribution is -2.25. The summed E-state index contributed by atoms with van der Waals surface area (Å²) in [5.41, 5.74) is 3.36. The SMILES string of the molecule is O=S(=O)(Nc1ccc(Cl)c(-c2ccc3ncccc3n2)c1)c1ccc(N2CCCS2(=O)=O)cc1. The number of halogens is 1. The van der Waals surface area contributed by atoms with Gasteiger partial charge in [-0.05, 0) is 73.2 Å². The normalized spacial score (nSPS) is 15.5. The first-order chi connectivity index (χ1) is 16.2. The van der Waals surface area contributed by atoms with Crippen LogP contribution in [0.4, 0.5) is 11.4 Å². The summed E-state index contributed by atoms with van der Waals surface area (Å²) in [5, 5.41) is 0.426. The first kappa shape index (κ1) is 22.6. The number of pyridine rings is 2. The molecule has 174 valence electrons. The number of benzene rings is 2. The number of sulfonamides is 2. The van der Waals surface area contributed by atoms with E-state index in [9.17, 15) is 16.8 Å². The summed E-state index contributed by atoms with van der Waals surface area (Å²) in [6.07, 6.45) is 2.23. The highest BCUT2D eigenvalue weighted by Crippen LogP contribution is 2.32. The van der Waals surface area contributed by atoms with Crippen LogP contribution in [0.1, 0.15) is 6.42 Å². The smallest absolute Gasteiger partial charge is 0.261 e. The minimum absolute atomic E-state index is 0.0132. The van der Waals surface area contributed by atoms with E-state index in [1.807, 2.05) is 12.1 Å². The lowest BCUT2D eigenvalue weighted by Gasteiger charge is -2.17. The van der Waals surface area contributed by atoms with Crippen molar-refractivity contribution in [1.29, 1.82) is 0 Å². The fourth-order valence-corrected chi connectivity index (χ4v) is 6.66. The van der Waals surface area contributed by atoms with Gasteiger partial charge in [-0.15, -0.1) is 0 Å². The van der Waals surface area contributed by atoms with Crippen LogP contribution in [-0.4, -0.2) is 39.1 Å². The maximum atomic E-state index is 13.0. The Morgan fingerprint density at radius 1 is 0.971 bits per heavy atom. The van der Waals surface area contributed by atoms with Crippen molar-refractivity contribution in [2.75, 3.05) is 21.3 Å². The summed E-state index contributed by atoms with van der Waals surface area (Å²) in [5.74, 6) is 0.0933. The van der Waals surface area contributed by atoms with Crippen molar-refractivity contribution in [1.82, 2.24) is 9.97 Å². The molecule has 1 fully saturated rings. The zero-order valence-corrected chi connectivity index (χ0v) is 20.1. The maximum absolute atomic E-state index is 13.0. The zero-order chi connectivity index (χ0) is 23.9. The molecule has 3 heterocycles. The second-order valence-corrected chi connectivity index (χ2v) is 11.9. The van der Waals surface area contributed by atoms with E-state index in [0.717, 1.165) is 5.52 Å². The molecular formula is C23H19ClN4O4S2. The Bertz CT molecular complexity index is 1610. The monoisotopic (exact) mass is 514 g/mol. The van der Waals surface area contributed by atoms with Gasteiger partial charge in [0, 0.05) is 24.0 Å². The van der Waals surface area contributed by atoms with Gasteiger partial charge >= 0.3 is 0 Å². The molecule has 4 aromatic rings. The standard InChI is InChI=1S/C23H19ClN4O4S2/c24-20-9-4-16(15-19(20)21-10-11-22-23(26-21)3-1-12-25-22)27-34(31,32)18-7-5-17(6-8-18)28-13-2-14-33(28,29)30/h1,3-12,15,27H,2,13-14H2. The Kier molecular flexibility index (Phi) is 5.67. The molecule has 0 amide bonds. The number of aromatic nitrogens is 2. The average Bonchev–Trinajstić information content (AvgIpc) is 3.19. The molecule has 0 saturated carbocycles. The van der Waals surface area contributed by atoms with Crippen LogP contribution < -0.4 is 9.03 Å². The second-order valence-electron chi connectivity index (χ2n) is 7.77. The summed E-state index contributed by atoms with van der Waals surface area (Å²) < 4.78 is 54.0. The lowest BCUT2D eigenvalue weighted by molar-refractivity contribution is 0.599. The Labute approximate surface area is 202 Å². The minimum atomic E-state index is -3.92. The number of nitrogens with zero attached hydrogens (tertiary/aromatic N) is 3. The van der Waals surface area contributed by atoms with E-state index in [1.54, 1.807) is 36.5 Å². The quantitative estimate of drug-likeness (QED) is 0.425. The van der Waals surface area contributed by atoms with E-state index in [2.05, 4.69) is 14.7 Å². The van der Waals surface area contributed by atoms with Crippen molar-refractivity contribution in [3.63, 3.8) is 0 Å². The average molecular weight is 515 g/mol. The first-order valence-electron chi connectivity index (χ1n) is 10.4. The number of rotatable bonds is 5. The summed E-state index contributed by atoms with van der Waals surface area (Å²) in [7, 11) is -7.26. The van der Waals surface area contributed by atoms with Crippen molar-refractivity contribution in [3.05, 3.63) is 77.9 Å². The van der Waals surface area contributed by atoms with Gasteiger partial charge in [0.2, 0.25) is 10.0 Å². The number of hydrogen-bond donors (Lipinski definition) is 1. The highest BCUT2D eigenvalue weighted by Gasteiger charge is 2.28. The Morgan fingerprint density at radius 3 is 2.50 bits per heavy atom. The minimum Gasteiger partial charge on any atom is -0.280 e. The molecule has 0 unspecified atom stereocenters. The molecule has 0 bridgehead atoms. The van der Waals surface area contributed by atoms with E-state index in [-0.39, 0.29) is 10.6 Å². The van der Waals surface area contributed by atoms with Crippen LogP contribution in [-0.2, 0) is 20.0 Å². The van der Waals surface area contributed by atoms with Gasteiger partial charge in [0.15, 0.2) is 0 Å². The number of nitrogens with one attached hydrogen (secondary N) is 1. The molecule has 1 N–H and O–H groups in total. The predicted octanol–water partition coefficient (Wildman–Crippen LogP) is 4.29. The Morgan fingerprint density at radius 2 is 1.76 bits per heavy atom. The molecule has 2 aromatic carbocycles. The van der Waals surface area contributed by atoms with E-state index in [0.29, 0.717) is 46.1 Å². The summed E-state index contributed by atoms with van der Waals surface area (Å²) >= 11 is 6.39. The molecule has 2 aromatic heterocycles. The van der Waals surface area contributed by atoms with E-state index < -0.39 is 20.0 Å². The molecule has 8 nitrogen and oxygen atoms in total. The highest BCUT2D eigenvalue weighted by molar-refractivity contribution is 7.93. The topological polar surface area (TPSA) is 109 Å². The van der Waals surface area contributed by atoms with Gasteiger partial charge in [0.05, 0.1) is 38.1 Å². The second kappa shape index (κ2) is 8.53. The van der Waals surface area contributed by atoms with Crippen LogP contribution in [0.15, 0.2) is 77.8 Å². The molecule has 11 heteroatoms. The zero-order valence-electron chi connectivity index (χ0n) is 17.7. The van der Waals surface area contributed by atoms with Crippen LogP contribution in [0.5, 0.6) is 0 Å². The van der Waals surface area contributed by atoms with Crippen molar-refractivity contribution >= 4 is 54.1 Å². The molecule has 1 aliphatic rings. The fraction of sp³-hybridized carbons (Fsp3) is 0.130. The van der Waals surface area contributed by atoms with Crippen molar-refractivity contribution in [2.24, 2.45) is 0 Å². The van der Waals surface area contributed by atoms with Gasteiger partial charge in [-0.1, -0.05) is 11.6 Å². The summed E-state index contributed by atoms with van der Waals surface area (Å²) in [6.45, 7) is 0.388. The number of hydrogen-bond acceptors (Lipinski definition) is 6. The van der Waals surface area contributed by atoms with Gasteiger partial charge in [0.1, 0.15) is 0 Å². The van der Waals surface area contributed by atoms with Gasteiger partial charge in [-0.25, -0.2) is 21.8 Å². The maximum Gasteiger partial charge on any atom is 0.261 e. The van der Waals surface area contributed by atoms with Gasteiger partial charge in [-0.2, -0.15) is 0 Å². The van der Waals surface area contributed by atoms with Gasteiger partial charge in [-0.3, -0.25) is 14.0 Å². The fourth-order valence-electron chi connectivity index (χ4n) is 3.83. The van der Waals surface area contributed by atoms with Crippen molar-refractivity contribution < 1.29 is 16.8 Å². The molecule has 5 rings (SSSR count). The van der Waals surface area contributed by atoms with Crippen LogP contribution in [0, 0.1) is 0 Å². The summed E-state index contributed by atoms with van der Waals surface area (Å²) in [4.78, 5) is 8.85. The molecular weight excluding hydrogens is 496 g/mol. The largest absolute Gasteiger partial charge is 0.280 e. The molecule has 34 heavy (non-hydrogen) atoms. The van der Waals surface area contributed by atoms with Crippen LogP contribution in [0.2, 0.25) is 5.02 Å². The van der Waals surface area contributed by atoms with Crippen LogP contribution in [0.25, 0.3) is 22.3 Å². The Balaban J connectivity index is 1.42. The molecule has 0 atom stereocenters. The van der Waals surface area contributed by atoms with Crippen molar-refractivity contribution in [2.45, 2.75) is 11.3 Å². The molecule has 1 saturated heterocycles. The molecule has 0 spiro atoms. The third-order valence-electron chi connectivity index (χ3n) is 5.49. The molecule has 0 aliphatic carbocycles. The molecule has 1 aliphatic heterocycles.